The second-order valence-corrected chi connectivity index (χ2v) is 39.9. The van der Waals surface area contributed by atoms with E-state index < -0.39 is 86.5 Å². The summed E-state index contributed by atoms with van der Waals surface area (Å²) in [5, 5.41) is 55.0. The number of alkyl halides is 3. The van der Waals surface area contributed by atoms with Gasteiger partial charge in [-0.2, -0.15) is 58.0 Å². The molecule has 135 heavy (non-hydrogen) atoms. The molecule has 0 aliphatic carbocycles. The number of likely N-dealkylation sites (tertiary alicyclic amines) is 3. The average Bonchev–Trinajstić information content (AvgIpc) is 1.56. The topological polar surface area (TPSA) is 441 Å². The normalized spacial score (nSPS) is 20.0. The minimum atomic E-state index is -5.67. The number of hydrogen-bond donors (Lipinski definition) is 6. The number of ether oxygens (including phenoxy) is 7. The van der Waals surface area contributed by atoms with Crippen LogP contribution in [-0.4, -0.2) is 277 Å². The Bertz CT molecular complexity index is 4700. The number of β-amino-alcohol motifs (C(OH)–C–C–N with tert-alkyl or cyclic N) is 2. The van der Waals surface area contributed by atoms with Crippen LogP contribution in [0.1, 0.15) is 212 Å². The zero-order valence-electron chi connectivity index (χ0n) is 79.9. The largest absolute Gasteiger partial charge is 1.00 e. The smallest absolute Gasteiger partial charge is 0.473 e. The van der Waals surface area contributed by atoms with Crippen LogP contribution >= 0.6 is 11.8 Å². The molecule has 0 saturated carbocycles. The van der Waals surface area contributed by atoms with Crippen molar-refractivity contribution in [2.24, 2.45) is 0 Å². The van der Waals surface area contributed by atoms with Crippen molar-refractivity contribution in [3.8, 4) is 0 Å². The first-order valence-corrected chi connectivity index (χ1v) is 45.2. The summed E-state index contributed by atoms with van der Waals surface area (Å²) in [5.41, 5.74) is -2.42. The number of benzene rings is 1. The van der Waals surface area contributed by atoms with E-state index in [1.165, 1.54) is 34.0 Å². The van der Waals surface area contributed by atoms with Gasteiger partial charge in [-0.15, -0.1) is 0 Å². The van der Waals surface area contributed by atoms with Gasteiger partial charge in [0.2, 0.25) is 0 Å². The molecular formula is C93H135BClF3LiN7O28S. The number of carbonyl (C=O) groups excluding carboxylic acids is 7. The fourth-order valence-electron chi connectivity index (χ4n) is 13.0. The Kier molecular flexibility index (Phi) is 45.5. The van der Waals surface area contributed by atoms with Crippen molar-refractivity contribution in [1.82, 2.24) is 33.8 Å². The van der Waals surface area contributed by atoms with Crippen molar-refractivity contribution < 1.29 is 164 Å². The molecule has 6 N–H and O–H groups in total. The molecule has 1 aromatic carbocycles. The van der Waals surface area contributed by atoms with Gasteiger partial charge in [-0.3, -0.25) is 4.79 Å². The van der Waals surface area contributed by atoms with Crippen LogP contribution < -0.4 is 24.3 Å². The molecular weight excluding hydrogens is 1810 g/mol. The van der Waals surface area contributed by atoms with Crippen molar-refractivity contribution in [2.45, 2.75) is 258 Å². The number of aliphatic hydroxyl groups excluding tert-OH is 2. The first-order valence-electron chi connectivity index (χ1n) is 43.5. The molecule has 42 heteroatoms. The van der Waals surface area contributed by atoms with Gasteiger partial charge in [0.1, 0.15) is 56.9 Å². The Morgan fingerprint density at radius 2 is 0.933 bits per heavy atom. The van der Waals surface area contributed by atoms with E-state index >= 15 is 0 Å². The van der Waals surface area contributed by atoms with E-state index in [2.05, 4.69) is 20.7 Å². The third kappa shape index (κ3) is 42.9. The van der Waals surface area contributed by atoms with Crippen LogP contribution in [0.2, 0.25) is 0 Å². The molecule has 5 atom stereocenters. The molecule has 748 valence electrons. The third-order valence-corrected chi connectivity index (χ3v) is 21.0. The van der Waals surface area contributed by atoms with Crippen LogP contribution in [-0.2, 0) is 57.9 Å². The maximum atomic E-state index is 12.2. The summed E-state index contributed by atoms with van der Waals surface area (Å²) >= 11 is 5.56. The number of aliphatic hydroxyl groups is 4. The summed E-state index contributed by atoms with van der Waals surface area (Å²) in [5.74, 6) is -1.56. The summed E-state index contributed by atoms with van der Waals surface area (Å²) in [6, 6.07) is 21.5. The third-order valence-electron chi connectivity index (χ3n) is 19.6. The van der Waals surface area contributed by atoms with Gasteiger partial charge in [0.15, 0.2) is 5.79 Å². The molecule has 35 nitrogen and oxygen atoms in total. The number of rotatable bonds is 7. The van der Waals surface area contributed by atoms with Crippen molar-refractivity contribution >= 4 is 88.0 Å². The molecule has 5 aromatic heterocycles. The number of hydrogen-bond acceptors (Lipinski definition) is 29. The Labute approximate surface area is 806 Å². The predicted molar refractivity (Wildman–Crippen MR) is 490 cm³/mol. The number of furan rings is 5. The number of nitrogens with zero attached hydrogens (tertiary/aromatic N) is 7. The maximum Gasteiger partial charge on any atom is 1.00 e. The van der Waals surface area contributed by atoms with Crippen LogP contribution in [0, 0.1) is 6.07 Å². The van der Waals surface area contributed by atoms with Crippen LogP contribution in [0.4, 0.5) is 41.9 Å². The minimum absolute atomic E-state index is 0. The van der Waals surface area contributed by atoms with Crippen molar-refractivity contribution in [1.29, 1.82) is 0 Å². The van der Waals surface area contributed by atoms with Crippen LogP contribution in [0.5, 0.6) is 0 Å². The monoisotopic (exact) mass is 1940 g/mol. The SMILES string of the molecule is C.CC(C)(C)OC(=O)N1CC=C(OS(=O)(=O)C(F)(F)F)CC1.CC(C)(C)OC(=O)N1CC=C(c2ccoc2)C(O)C1.CC(C)(C)OC(=O)N1CC=C(c2ccoc2)CC1.CC(C)(C)OC(=O)N1CCC(=O)CC1.CC(C)(C)OC(=O)N1CCC(c2ccoc2)C(O)C1.CC(C)(C)OC(=O)N1CCC2(c3ccoc3)OC2C1.OB(O)c1ccoc1.OC1(O)CCN(Cl)CC1.[Li+].[c-]1ccccc1. The van der Waals surface area contributed by atoms with Gasteiger partial charge in [-0.05, 0) is 202 Å². The molecule has 6 amide bonds. The Hall–Kier alpha value is -9.70. The van der Waals surface area contributed by atoms with Gasteiger partial charge in [0, 0.05) is 139 Å². The standard InChI is InChI=1S/C14H19NO4.C14H21NO4.C14H19NO4.C14H19NO3.C11H16F3NO5S.C10H17NO3.C6H5.C5H10ClNO2.C4H5BO3.CH4.Li/c1-13(2,3)19-12(16)15-6-5-14(11(8-15)18-14)10-4-7-17-9-10;2*1-14(2,3)19-13(17)15-6-4-11(12(16)8-15)10-5-7-18-9-10;1-14(2,3)18-13(16)15-7-4-11(5-8-15)12-6-9-17-10-12;1-10(2,3)19-9(16)15-6-4-8(5-7-15)20-21(17,18)11(12,13)14;1-10(2,3)14-9(13)11-6-4-8(12)5-7-11;1-2-4-6-5-3-1;6-7-3-1-5(8,9)2-4-7;6-5(7)4-1-2-8-3-4;;/h4,7,9,11H,5-6,8H2,1-3H3;5,7,9,11-12,16H,4,6,8H2,1-3H3;4-5,7,9,12,16H,6,8H2,1-3H3;4,6,9-10H,5,7-8H2,1-3H3;4H,5-7H2,1-3H3;4-7H2,1-3H3;1-5H;8-9H,1-4H2;1-3,6-7H;1H4;/q;;;;;;-1;;;;+1. The maximum absolute atomic E-state index is 12.2. The number of epoxide rings is 1. The molecule has 6 aromatic rings. The minimum Gasteiger partial charge on any atom is -0.473 e. The van der Waals surface area contributed by atoms with Crippen molar-refractivity contribution in [2.75, 3.05) is 91.6 Å². The fraction of sp³-hybridized carbons (Fsp3) is 0.581. The first kappa shape index (κ1) is 118. The van der Waals surface area contributed by atoms with E-state index in [0.29, 0.717) is 110 Å². The Morgan fingerprint density at radius 1 is 0.496 bits per heavy atom. The first-order chi connectivity index (χ1) is 61.7. The summed E-state index contributed by atoms with van der Waals surface area (Å²) in [4.78, 5) is 91.1. The van der Waals surface area contributed by atoms with Gasteiger partial charge in [0.25, 0.3) is 0 Å². The van der Waals surface area contributed by atoms with Gasteiger partial charge in [-0.25, -0.2) is 33.2 Å². The van der Waals surface area contributed by atoms with Crippen LogP contribution in [0.25, 0.3) is 11.1 Å². The van der Waals surface area contributed by atoms with E-state index in [1.807, 2.05) is 158 Å². The molecule has 8 aliphatic rings. The molecule has 5 unspecified atom stereocenters. The molecule has 0 bridgehead atoms. The molecule has 8 aliphatic heterocycles. The van der Waals surface area contributed by atoms with Gasteiger partial charge in [0.05, 0.1) is 94.5 Å². The van der Waals surface area contributed by atoms with E-state index in [4.69, 9.17) is 82.9 Å². The number of piperidine rings is 4. The summed E-state index contributed by atoms with van der Waals surface area (Å²) < 4.78 is 126. The number of amides is 6. The molecule has 14 rings (SSSR count). The molecule has 5 saturated heterocycles. The van der Waals surface area contributed by atoms with Gasteiger partial charge >= 0.3 is 78.2 Å². The number of fused-ring (bicyclic) bond motifs is 1. The molecule has 5 fully saturated rings. The molecule has 13 heterocycles. The van der Waals surface area contributed by atoms with Gasteiger partial charge in [-0.1, -0.05) is 19.6 Å². The van der Waals surface area contributed by atoms with E-state index in [1.54, 1.807) is 101 Å². The van der Waals surface area contributed by atoms with Crippen LogP contribution in [0.3, 0.4) is 0 Å². The Balaban J connectivity index is 0.000000323. The summed E-state index contributed by atoms with van der Waals surface area (Å²) in [6.07, 6.45) is 21.1. The van der Waals surface area contributed by atoms with Crippen molar-refractivity contribution in [3.05, 3.63) is 176 Å². The van der Waals surface area contributed by atoms with E-state index in [9.17, 15) is 65.4 Å². The van der Waals surface area contributed by atoms with E-state index in [0.717, 1.165) is 46.7 Å². The second kappa shape index (κ2) is 52.2. The van der Waals surface area contributed by atoms with Crippen LogP contribution in [0.15, 0.2) is 169 Å². The number of carbonyl (C=O) groups is 7. The number of Topliss-reactive ketones (excluding diaryl/α,β-unsaturated/α-hetero) is 1. The quantitative estimate of drug-likeness (QED) is 0.0126. The van der Waals surface area contributed by atoms with Crippen molar-refractivity contribution in [3.63, 3.8) is 0 Å². The number of halogens is 4. The molecule has 0 radical (unpaired) electrons. The zero-order valence-corrected chi connectivity index (χ0v) is 81.5. The second-order valence-electron chi connectivity index (χ2n) is 37.9. The van der Waals surface area contributed by atoms with Gasteiger partial charge < -0.3 is 119 Å². The molecule has 0 spiro atoms. The fourth-order valence-corrected chi connectivity index (χ4v) is 13.7. The Morgan fingerprint density at radius 3 is 1.31 bits per heavy atom. The summed E-state index contributed by atoms with van der Waals surface area (Å²) in [6.45, 7) is 38.8. The number of ketones is 1. The summed E-state index contributed by atoms with van der Waals surface area (Å²) in [7, 11) is -7.08. The van der Waals surface area contributed by atoms with E-state index in [-0.39, 0.29) is 106 Å². The zero-order chi connectivity index (χ0) is 99.3. The predicted octanol–water partition coefficient (Wildman–Crippen LogP) is 12.4. The average molecular weight is 1940 g/mol.